The molecule has 6 heteroatoms. The fraction of sp³-hybridized carbons (Fsp3) is 0.0500. The van der Waals surface area contributed by atoms with Crippen LogP contribution in [0.25, 0.3) is 11.1 Å². The van der Waals surface area contributed by atoms with Crippen LogP contribution in [0.5, 0.6) is 0 Å². The van der Waals surface area contributed by atoms with Gasteiger partial charge in [-0.1, -0.05) is 18.2 Å². The molecule has 0 aliphatic carbocycles. The van der Waals surface area contributed by atoms with Gasteiger partial charge in [-0.2, -0.15) is 4.98 Å². The molecule has 1 aliphatic rings. The van der Waals surface area contributed by atoms with Crippen molar-refractivity contribution in [2.75, 3.05) is 10.2 Å². The summed E-state index contributed by atoms with van der Waals surface area (Å²) in [5, 5.41) is 3.14. The molecule has 0 fully saturated rings. The van der Waals surface area contributed by atoms with Gasteiger partial charge in [-0.05, 0) is 42.5 Å². The molecule has 1 amide bonds. The van der Waals surface area contributed by atoms with E-state index in [9.17, 15) is 4.79 Å². The third kappa shape index (κ3) is 2.39. The lowest BCUT2D eigenvalue weighted by atomic mass is 10.2. The van der Waals surface area contributed by atoms with Crippen LogP contribution < -0.4 is 10.2 Å². The maximum Gasteiger partial charge on any atom is 0.300 e. The van der Waals surface area contributed by atoms with E-state index >= 15 is 0 Å². The monoisotopic (exact) mass is 342 g/mol. The summed E-state index contributed by atoms with van der Waals surface area (Å²) in [4.78, 5) is 22.7. The first-order valence-corrected chi connectivity index (χ1v) is 8.27. The number of carbonyl (C=O) groups excluding carboxylic acids is 1. The molecule has 0 saturated carbocycles. The van der Waals surface area contributed by atoms with E-state index in [4.69, 9.17) is 4.42 Å². The second kappa shape index (κ2) is 5.70. The number of oxazole rings is 1. The fourth-order valence-electron chi connectivity index (χ4n) is 3.14. The smallest absolute Gasteiger partial charge is 0.300 e. The Labute approximate surface area is 149 Å². The summed E-state index contributed by atoms with van der Waals surface area (Å²) in [6.45, 7) is 0. The maximum absolute atomic E-state index is 12.4. The molecule has 4 aromatic rings. The number of fused-ring (bicyclic) bond motifs is 2. The van der Waals surface area contributed by atoms with Gasteiger partial charge < -0.3 is 9.73 Å². The Bertz CT molecular complexity index is 1090. The van der Waals surface area contributed by atoms with Crippen molar-refractivity contribution < 1.29 is 9.21 Å². The number of carbonyl (C=O) groups is 1. The Morgan fingerprint density at radius 2 is 1.85 bits per heavy atom. The van der Waals surface area contributed by atoms with Gasteiger partial charge in [0.15, 0.2) is 5.58 Å². The van der Waals surface area contributed by atoms with Crippen LogP contribution in [0.15, 0.2) is 71.3 Å². The summed E-state index contributed by atoms with van der Waals surface area (Å²) >= 11 is 0. The molecule has 6 nitrogen and oxygen atoms in total. The highest BCUT2D eigenvalue weighted by atomic mass is 16.4. The average Bonchev–Trinajstić information content (AvgIpc) is 3.21. The molecule has 3 heterocycles. The first-order chi connectivity index (χ1) is 12.8. The van der Waals surface area contributed by atoms with Crippen LogP contribution in [0, 0.1) is 0 Å². The number of rotatable bonds is 3. The SMILES string of the molecule is O=C1Cc2cccnc2N1c1ccc(Nc2nc3ccccc3o2)cc1. The highest BCUT2D eigenvalue weighted by Crippen LogP contribution is 2.34. The summed E-state index contributed by atoms with van der Waals surface area (Å²) in [5.74, 6) is 0.732. The highest BCUT2D eigenvalue weighted by molar-refractivity contribution is 6.06. The molecule has 0 spiro atoms. The fourth-order valence-corrected chi connectivity index (χ4v) is 3.14. The molecule has 0 radical (unpaired) electrons. The second-order valence-corrected chi connectivity index (χ2v) is 6.05. The van der Waals surface area contributed by atoms with Gasteiger partial charge >= 0.3 is 0 Å². The van der Waals surface area contributed by atoms with Crippen molar-refractivity contribution in [3.05, 3.63) is 72.4 Å². The van der Waals surface area contributed by atoms with Crippen molar-refractivity contribution in [1.82, 2.24) is 9.97 Å². The number of nitrogens with one attached hydrogen (secondary N) is 1. The molecule has 0 atom stereocenters. The van der Waals surface area contributed by atoms with Gasteiger partial charge in [0.2, 0.25) is 5.91 Å². The normalized spacial score (nSPS) is 13.2. The summed E-state index contributed by atoms with van der Waals surface area (Å²) < 4.78 is 5.67. The lowest BCUT2D eigenvalue weighted by molar-refractivity contribution is -0.116. The number of hydrogen-bond donors (Lipinski definition) is 1. The third-order valence-corrected chi connectivity index (χ3v) is 4.34. The minimum atomic E-state index is 0.0263. The summed E-state index contributed by atoms with van der Waals surface area (Å²) in [5.41, 5.74) is 4.10. The van der Waals surface area contributed by atoms with Crippen LogP contribution in [0.2, 0.25) is 0 Å². The number of anilines is 4. The standard InChI is InChI=1S/C20H14N4O2/c25-18-12-13-4-3-11-21-19(13)24(18)15-9-7-14(8-10-15)22-20-23-16-5-1-2-6-17(16)26-20/h1-11H,12H2,(H,22,23). The van der Waals surface area contributed by atoms with E-state index in [1.807, 2.05) is 60.7 Å². The number of para-hydroxylation sites is 2. The van der Waals surface area contributed by atoms with Crippen LogP contribution in [0.3, 0.4) is 0 Å². The molecule has 5 rings (SSSR count). The van der Waals surface area contributed by atoms with E-state index < -0.39 is 0 Å². The van der Waals surface area contributed by atoms with Crippen LogP contribution in [0.4, 0.5) is 23.2 Å². The zero-order chi connectivity index (χ0) is 17.5. The molecule has 0 bridgehead atoms. The molecule has 1 aliphatic heterocycles. The predicted octanol–water partition coefficient (Wildman–Crippen LogP) is 4.19. The Balaban J connectivity index is 1.41. The maximum atomic E-state index is 12.4. The van der Waals surface area contributed by atoms with E-state index in [0.717, 1.165) is 28.0 Å². The topological polar surface area (TPSA) is 71.3 Å². The lowest BCUT2D eigenvalue weighted by Gasteiger charge is -2.16. The molecule has 1 N–H and O–H groups in total. The van der Waals surface area contributed by atoms with Gasteiger partial charge in [0.1, 0.15) is 11.3 Å². The van der Waals surface area contributed by atoms with E-state index in [2.05, 4.69) is 15.3 Å². The van der Waals surface area contributed by atoms with Gasteiger partial charge in [-0.3, -0.25) is 9.69 Å². The van der Waals surface area contributed by atoms with Crippen molar-refractivity contribution in [2.24, 2.45) is 0 Å². The third-order valence-electron chi connectivity index (χ3n) is 4.34. The van der Waals surface area contributed by atoms with Gasteiger partial charge in [0, 0.05) is 17.4 Å². The Morgan fingerprint density at radius 1 is 1.00 bits per heavy atom. The highest BCUT2D eigenvalue weighted by Gasteiger charge is 2.29. The lowest BCUT2D eigenvalue weighted by Crippen LogP contribution is -2.21. The van der Waals surface area contributed by atoms with Crippen molar-refractivity contribution in [2.45, 2.75) is 6.42 Å². The van der Waals surface area contributed by atoms with E-state index in [1.54, 1.807) is 11.1 Å². The van der Waals surface area contributed by atoms with Crippen LogP contribution in [-0.2, 0) is 11.2 Å². The number of pyridine rings is 1. The molecule has 126 valence electrons. The molecule has 0 saturated heterocycles. The number of benzene rings is 2. The van der Waals surface area contributed by atoms with E-state index in [0.29, 0.717) is 18.3 Å². The van der Waals surface area contributed by atoms with Crippen molar-refractivity contribution in [3.63, 3.8) is 0 Å². The van der Waals surface area contributed by atoms with Crippen LogP contribution in [-0.4, -0.2) is 15.9 Å². The molecular weight excluding hydrogens is 328 g/mol. The van der Waals surface area contributed by atoms with Crippen molar-refractivity contribution in [1.29, 1.82) is 0 Å². The summed E-state index contributed by atoms with van der Waals surface area (Å²) in [6.07, 6.45) is 2.08. The zero-order valence-corrected chi connectivity index (χ0v) is 13.7. The van der Waals surface area contributed by atoms with Gasteiger partial charge in [0.25, 0.3) is 6.01 Å². The number of amides is 1. The Morgan fingerprint density at radius 3 is 2.69 bits per heavy atom. The zero-order valence-electron chi connectivity index (χ0n) is 13.7. The van der Waals surface area contributed by atoms with Crippen LogP contribution in [0.1, 0.15) is 5.56 Å². The van der Waals surface area contributed by atoms with Gasteiger partial charge in [0.05, 0.1) is 12.1 Å². The quantitative estimate of drug-likeness (QED) is 0.604. The number of nitrogens with zero attached hydrogens (tertiary/aromatic N) is 3. The van der Waals surface area contributed by atoms with Gasteiger partial charge in [-0.15, -0.1) is 0 Å². The predicted molar refractivity (Wildman–Crippen MR) is 98.8 cm³/mol. The van der Waals surface area contributed by atoms with E-state index in [-0.39, 0.29) is 5.91 Å². The number of aromatic nitrogens is 2. The first kappa shape index (κ1) is 14.7. The molecule has 0 unspecified atom stereocenters. The summed E-state index contributed by atoms with van der Waals surface area (Å²) in [6, 6.07) is 19.4. The largest absolute Gasteiger partial charge is 0.423 e. The molecule has 2 aromatic heterocycles. The molecular formula is C20H14N4O2. The second-order valence-electron chi connectivity index (χ2n) is 6.05. The number of hydrogen-bond acceptors (Lipinski definition) is 5. The van der Waals surface area contributed by atoms with Gasteiger partial charge in [-0.25, -0.2) is 4.98 Å². The Kier molecular flexibility index (Phi) is 3.21. The Hall–Kier alpha value is -3.67. The molecule has 2 aromatic carbocycles. The minimum Gasteiger partial charge on any atom is -0.423 e. The van der Waals surface area contributed by atoms with Crippen LogP contribution >= 0.6 is 0 Å². The summed E-state index contributed by atoms with van der Waals surface area (Å²) in [7, 11) is 0. The first-order valence-electron chi connectivity index (χ1n) is 8.27. The minimum absolute atomic E-state index is 0.0263. The van der Waals surface area contributed by atoms with Crippen molar-refractivity contribution >= 4 is 40.2 Å². The van der Waals surface area contributed by atoms with E-state index in [1.165, 1.54) is 0 Å². The molecule has 26 heavy (non-hydrogen) atoms. The van der Waals surface area contributed by atoms with Crippen molar-refractivity contribution in [3.8, 4) is 0 Å². The average molecular weight is 342 g/mol.